The number of benzene rings is 1. The van der Waals surface area contributed by atoms with Gasteiger partial charge in [0, 0.05) is 12.6 Å². The van der Waals surface area contributed by atoms with E-state index in [9.17, 15) is 30.0 Å². The number of hydrogen-bond acceptors (Lipinski definition) is 4. The fraction of sp³-hybridized carbons (Fsp3) is 0.538. The van der Waals surface area contributed by atoms with Crippen LogP contribution in [-0.4, -0.2) is 45.2 Å². The van der Waals surface area contributed by atoms with E-state index in [1.807, 2.05) is 0 Å². The maximum Gasteiger partial charge on any atom is 0.416 e. The predicted molar refractivity (Wildman–Crippen MR) is 83.1 cm³/mol. The van der Waals surface area contributed by atoms with Gasteiger partial charge in [0.25, 0.3) is 0 Å². The lowest BCUT2D eigenvalue weighted by Gasteiger charge is -2.26. The monoisotopic (exact) mass is 405 g/mol. The Hall–Kier alpha value is -0.840. The third kappa shape index (κ3) is 3.87. The van der Waals surface area contributed by atoms with Crippen LogP contribution < -0.4 is 0 Å². The van der Waals surface area contributed by atoms with Crippen LogP contribution >= 0.6 is 11.6 Å². The first-order valence-corrected chi connectivity index (χ1v) is 10.6. The molecule has 0 bridgehead atoms. The van der Waals surface area contributed by atoms with Crippen molar-refractivity contribution in [2.45, 2.75) is 30.5 Å². The highest BCUT2D eigenvalue weighted by Crippen LogP contribution is 2.35. The highest BCUT2D eigenvalue weighted by atomic mass is 35.5. The van der Waals surface area contributed by atoms with Crippen LogP contribution in [0.3, 0.4) is 0 Å². The molecule has 1 saturated heterocycles. The summed E-state index contributed by atoms with van der Waals surface area (Å²) in [6.07, 6.45) is -4.62. The Kier molecular flexibility index (Phi) is 5.25. The summed E-state index contributed by atoms with van der Waals surface area (Å²) in [5, 5.41) is -0.345. The third-order valence-electron chi connectivity index (χ3n) is 3.77. The van der Waals surface area contributed by atoms with Crippen LogP contribution in [0, 0.1) is 0 Å². The van der Waals surface area contributed by atoms with Crippen LogP contribution in [0.25, 0.3) is 0 Å². The fourth-order valence-corrected chi connectivity index (χ4v) is 6.62. The zero-order valence-electron chi connectivity index (χ0n) is 12.5. The maximum absolute atomic E-state index is 12.8. The van der Waals surface area contributed by atoms with Crippen LogP contribution in [0.5, 0.6) is 0 Å². The summed E-state index contributed by atoms with van der Waals surface area (Å²) in [7, 11) is -7.71. The molecule has 1 aliphatic rings. The SMILES string of the molecule is CCN(C1CCS(=O)(=O)C1)S(=O)(=O)c1cc(C(F)(F)F)ccc1Cl. The van der Waals surface area contributed by atoms with Crippen LogP contribution in [0.1, 0.15) is 18.9 Å². The van der Waals surface area contributed by atoms with E-state index < -0.39 is 42.5 Å². The van der Waals surface area contributed by atoms with Gasteiger partial charge in [-0.05, 0) is 24.6 Å². The van der Waals surface area contributed by atoms with Gasteiger partial charge in [0.15, 0.2) is 9.84 Å². The minimum Gasteiger partial charge on any atom is -0.229 e. The predicted octanol–water partition coefficient (Wildman–Crippen LogP) is 2.56. The lowest BCUT2D eigenvalue weighted by Crippen LogP contribution is -2.41. The molecule has 1 aromatic carbocycles. The van der Waals surface area contributed by atoms with Gasteiger partial charge in [0.05, 0.1) is 22.1 Å². The molecular weight excluding hydrogens is 391 g/mol. The zero-order chi connectivity index (χ0) is 18.3. The van der Waals surface area contributed by atoms with E-state index in [4.69, 9.17) is 11.6 Å². The molecule has 0 aromatic heterocycles. The second kappa shape index (κ2) is 6.47. The van der Waals surface area contributed by atoms with Crippen LogP contribution in [-0.2, 0) is 26.0 Å². The van der Waals surface area contributed by atoms with Gasteiger partial charge in [-0.3, -0.25) is 0 Å². The molecule has 11 heteroatoms. The normalized spacial score (nSPS) is 21.3. The first kappa shape index (κ1) is 19.5. The zero-order valence-corrected chi connectivity index (χ0v) is 14.9. The topological polar surface area (TPSA) is 71.5 Å². The minimum atomic E-state index is -4.72. The van der Waals surface area contributed by atoms with Crippen LogP contribution in [0.4, 0.5) is 13.2 Å². The minimum absolute atomic E-state index is 0.0743. The van der Waals surface area contributed by atoms with E-state index in [1.54, 1.807) is 0 Å². The van der Waals surface area contributed by atoms with Gasteiger partial charge in [0.1, 0.15) is 4.90 Å². The lowest BCUT2D eigenvalue weighted by atomic mass is 10.2. The van der Waals surface area contributed by atoms with Crippen molar-refractivity contribution < 1.29 is 30.0 Å². The van der Waals surface area contributed by atoms with Gasteiger partial charge >= 0.3 is 6.18 Å². The molecule has 0 spiro atoms. The molecule has 1 heterocycles. The van der Waals surface area contributed by atoms with E-state index in [0.717, 1.165) is 10.4 Å². The molecule has 1 unspecified atom stereocenters. The maximum atomic E-state index is 12.8. The summed E-state index contributed by atoms with van der Waals surface area (Å²) in [5.74, 6) is -0.503. The second-order valence-corrected chi connectivity index (χ2v) is 9.90. The quantitative estimate of drug-likeness (QED) is 0.771. The molecule has 1 atom stereocenters. The molecule has 0 saturated carbocycles. The first-order chi connectivity index (χ1) is 10.9. The second-order valence-electron chi connectivity index (χ2n) is 5.41. The van der Waals surface area contributed by atoms with Crippen molar-refractivity contribution in [3.8, 4) is 0 Å². The number of rotatable bonds is 4. The number of halogens is 4. The Morgan fingerprint density at radius 1 is 1.33 bits per heavy atom. The molecule has 1 fully saturated rings. The summed E-state index contributed by atoms with van der Waals surface area (Å²) in [4.78, 5) is -0.676. The van der Waals surface area contributed by atoms with Gasteiger partial charge in [0.2, 0.25) is 10.0 Å². The van der Waals surface area contributed by atoms with Crippen molar-refractivity contribution in [3.05, 3.63) is 28.8 Å². The molecule has 0 radical (unpaired) electrons. The largest absolute Gasteiger partial charge is 0.416 e. The van der Waals surface area contributed by atoms with E-state index in [1.165, 1.54) is 6.92 Å². The lowest BCUT2D eigenvalue weighted by molar-refractivity contribution is -0.137. The molecule has 24 heavy (non-hydrogen) atoms. The van der Waals surface area contributed by atoms with Crippen molar-refractivity contribution in [2.75, 3.05) is 18.1 Å². The summed E-state index contributed by atoms with van der Waals surface area (Å²) in [6.45, 7) is 1.42. The molecule has 1 aromatic rings. The van der Waals surface area contributed by atoms with Crippen LogP contribution in [0.15, 0.2) is 23.1 Å². The van der Waals surface area contributed by atoms with Crippen molar-refractivity contribution in [1.29, 1.82) is 0 Å². The Labute approximate surface area is 143 Å². The molecule has 0 aliphatic carbocycles. The number of sulfonamides is 1. The molecule has 1 aliphatic heterocycles. The Morgan fingerprint density at radius 2 is 1.96 bits per heavy atom. The standard InChI is InChI=1S/C13H15ClF3NO4S2/c1-2-18(10-5-6-23(19,20)8-10)24(21,22)12-7-9(13(15,16)17)3-4-11(12)14/h3-4,7,10H,2,5-6,8H2,1H3. The van der Waals surface area contributed by atoms with Gasteiger partial charge in [-0.1, -0.05) is 18.5 Å². The Bertz CT molecular complexity index is 837. The third-order valence-corrected chi connectivity index (χ3v) is 8.03. The highest BCUT2D eigenvalue weighted by Gasteiger charge is 2.40. The van der Waals surface area contributed by atoms with E-state index in [2.05, 4.69) is 0 Å². The summed E-state index contributed by atoms with van der Waals surface area (Å²) >= 11 is 5.80. The molecule has 136 valence electrons. The van der Waals surface area contributed by atoms with Gasteiger partial charge in [-0.25, -0.2) is 16.8 Å². The van der Waals surface area contributed by atoms with E-state index in [-0.39, 0.29) is 29.5 Å². The summed E-state index contributed by atoms with van der Waals surface area (Å²) in [5.41, 5.74) is -1.14. The smallest absolute Gasteiger partial charge is 0.229 e. The van der Waals surface area contributed by atoms with Crippen molar-refractivity contribution in [1.82, 2.24) is 4.31 Å². The average Bonchev–Trinajstić information content (AvgIpc) is 2.78. The van der Waals surface area contributed by atoms with Crippen molar-refractivity contribution in [3.63, 3.8) is 0 Å². The molecule has 0 amide bonds. The Balaban J connectivity index is 2.49. The van der Waals surface area contributed by atoms with Crippen molar-refractivity contribution >= 4 is 31.5 Å². The van der Waals surface area contributed by atoms with Gasteiger partial charge in [-0.2, -0.15) is 17.5 Å². The van der Waals surface area contributed by atoms with E-state index >= 15 is 0 Å². The first-order valence-electron chi connectivity index (χ1n) is 6.97. The summed E-state index contributed by atoms with van der Waals surface area (Å²) < 4.78 is 88.1. The van der Waals surface area contributed by atoms with Crippen LogP contribution in [0.2, 0.25) is 5.02 Å². The highest BCUT2D eigenvalue weighted by molar-refractivity contribution is 7.92. The van der Waals surface area contributed by atoms with E-state index in [0.29, 0.717) is 12.1 Å². The molecule has 2 rings (SSSR count). The van der Waals surface area contributed by atoms with Crippen molar-refractivity contribution in [2.24, 2.45) is 0 Å². The molecular formula is C13H15ClF3NO4S2. The number of sulfone groups is 1. The average molecular weight is 406 g/mol. The summed E-state index contributed by atoms with van der Waals surface area (Å²) in [6, 6.07) is 1.23. The Morgan fingerprint density at radius 3 is 2.42 bits per heavy atom. The molecule has 0 N–H and O–H groups in total. The molecule has 5 nitrogen and oxygen atoms in total. The number of alkyl halides is 3. The fourth-order valence-electron chi connectivity index (χ4n) is 2.63. The van der Waals surface area contributed by atoms with Gasteiger partial charge < -0.3 is 0 Å². The number of nitrogens with zero attached hydrogens (tertiary/aromatic N) is 1. The number of hydrogen-bond donors (Lipinski definition) is 0. The van der Waals surface area contributed by atoms with Gasteiger partial charge in [-0.15, -0.1) is 0 Å².